The fraction of sp³-hybridized carbons (Fsp3) is 0.548. The molecule has 1 saturated heterocycles. The minimum Gasteiger partial charge on any atom is -0.489 e. The SMILES string of the molecule is C=CCOc1cc(OCOCc2ccccc2)c2c(=O)oc(C[C@H](C=C)[C@H](OC)[C@@H](O[Si](C)(C)C(C)(C)C)[C@H]3OC4(CCCCC4)O[C@@H]3C)cc2c1. The van der Waals surface area contributed by atoms with E-state index in [1.807, 2.05) is 48.5 Å². The van der Waals surface area contributed by atoms with Crippen molar-refractivity contribution in [3.63, 3.8) is 0 Å². The summed E-state index contributed by atoms with van der Waals surface area (Å²) in [5.74, 6) is 0.433. The quantitative estimate of drug-likeness (QED) is 0.0583. The molecule has 0 radical (unpaired) electrons. The van der Waals surface area contributed by atoms with E-state index in [1.165, 1.54) is 6.42 Å². The van der Waals surface area contributed by atoms with Crippen molar-refractivity contribution in [3.8, 4) is 11.5 Å². The molecule has 9 nitrogen and oxygen atoms in total. The third-order valence-corrected chi connectivity index (χ3v) is 15.2. The van der Waals surface area contributed by atoms with Gasteiger partial charge in [-0.1, -0.05) is 76.3 Å². The van der Waals surface area contributed by atoms with E-state index >= 15 is 0 Å². The molecule has 284 valence electrons. The Morgan fingerprint density at radius 2 is 1.75 bits per heavy atom. The lowest BCUT2D eigenvalue weighted by Crippen LogP contribution is -2.55. The second-order valence-corrected chi connectivity index (χ2v) is 20.4. The van der Waals surface area contributed by atoms with Crippen LogP contribution >= 0.6 is 0 Å². The van der Waals surface area contributed by atoms with Crippen LogP contribution in [-0.2, 0) is 36.4 Å². The lowest BCUT2D eigenvalue weighted by molar-refractivity contribution is -0.204. The molecular weight excluding hydrogens is 677 g/mol. The van der Waals surface area contributed by atoms with Crippen molar-refractivity contribution >= 4 is 19.1 Å². The molecule has 1 saturated carbocycles. The Morgan fingerprint density at radius 1 is 1.02 bits per heavy atom. The summed E-state index contributed by atoms with van der Waals surface area (Å²) >= 11 is 0. The first-order valence-electron chi connectivity index (χ1n) is 18.6. The zero-order chi connectivity index (χ0) is 37.5. The molecule has 1 spiro atoms. The van der Waals surface area contributed by atoms with E-state index in [0.29, 0.717) is 47.7 Å². The second-order valence-electron chi connectivity index (χ2n) is 15.6. The van der Waals surface area contributed by atoms with Gasteiger partial charge in [0.1, 0.15) is 41.5 Å². The van der Waals surface area contributed by atoms with Gasteiger partial charge in [-0.25, -0.2) is 4.79 Å². The molecule has 2 heterocycles. The lowest BCUT2D eigenvalue weighted by Gasteiger charge is -2.44. The fourth-order valence-electron chi connectivity index (χ4n) is 7.00. The van der Waals surface area contributed by atoms with Gasteiger partial charge in [0.05, 0.1) is 18.8 Å². The summed E-state index contributed by atoms with van der Waals surface area (Å²) in [5, 5.41) is 0.872. The van der Waals surface area contributed by atoms with Crippen molar-refractivity contribution in [1.82, 2.24) is 0 Å². The van der Waals surface area contributed by atoms with Crippen molar-refractivity contribution in [1.29, 1.82) is 0 Å². The van der Waals surface area contributed by atoms with Gasteiger partial charge in [-0.2, -0.15) is 0 Å². The third-order valence-electron chi connectivity index (χ3n) is 10.8. The Balaban J connectivity index is 1.44. The summed E-state index contributed by atoms with van der Waals surface area (Å²) in [5.41, 5.74) is 0.494. The third kappa shape index (κ3) is 9.45. The molecule has 5 rings (SSSR count). The van der Waals surface area contributed by atoms with Gasteiger partial charge in [-0.3, -0.25) is 0 Å². The number of fused-ring (bicyclic) bond motifs is 1. The maximum absolute atomic E-state index is 13.7. The molecule has 1 aromatic heterocycles. The molecule has 1 aliphatic heterocycles. The number of methoxy groups -OCH3 is 1. The van der Waals surface area contributed by atoms with E-state index in [1.54, 1.807) is 19.3 Å². The molecule has 5 atom stereocenters. The largest absolute Gasteiger partial charge is 0.489 e. The van der Waals surface area contributed by atoms with Crippen LogP contribution in [0.4, 0.5) is 0 Å². The first-order valence-corrected chi connectivity index (χ1v) is 21.5. The summed E-state index contributed by atoms with van der Waals surface area (Å²) in [6.45, 7) is 21.8. The van der Waals surface area contributed by atoms with Crippen molar-refractivity contribution in [2.45, 2.75) is 121 Å². The molecule has 10 heteroatoms. The molecule has 0 unspecified atom stereocenters. The second kappa shape index (κ2) is 17.3. The predicted octanol–water partition coefficient (Wildman–Crippen LogP) is 9.13. The van der Waals surface area contributed by atoms with Gasteiger partial charge in [-0.15, -0.1) is 6.58 Å². The monoisotopic (exact) mass is 734 g/mol. The molecule has 3 aromatic rings. The van der Waals surface area contributed by atoms with Crippen molar-refractivity contribution in [3.05, 3.63) is 95.6 Å². The number of hydrogen-bond acceptors (Lipinski definition) is 9. The first-order chi connectivity index (χ1) is 24.8. The highest BCUT2D eigenvalue weighted by Crippen LogP contribution is 2.45. The lowest BCUT2D eigenvalue weighted by atomic mass is 9.89. The van der Waals surface area contributed by atoms with Gasteiger partial charge in [0.25, 0.3) is 0 Å². The zero-order valence-corrected chi connectivity index (χ0v) is 33.1. The molecule has 0 amide bonds. The van der Waals surface area contributed by atoms with Crippen LogP contribution in [0.3, 0.4) is 0 Å². The molecule has 2 aliphatic rings. The van der Waals surface area contributed by atoms with E-state index in [4.69, 9.17) is 37.3 Å². The van der Waals surface area contributed by atoms with E-state index < -0.39 is 31.9 Å². The average molecular weight is 735 g/mol. The molecule has 0 bridgehead atoms. The van der Waals surface area contributed by atoms with E-state index in [2.05, 4.69) is 53.9 Å². The molecule has 1 aliphatic carbocycles. The van der Waals surface area contributed by atoms with Crippen LogP contribution in [0.1, 0.15) is 71.1 Å². The van der Waals surface area contributed by atoms with E-state index in [-0.39, 0.29) is 30.0 Å². The number of ether oxygens (including phenoxy) is 6. The molecule has 2 aromatic carbocycles. The smallest absolute Gasteiger partial charge is 0.347 e. The van der Waals surface area contributed by atoms with Crippen molar-refractivity contribution in [2.24, 2.45) is 5.92 Å². The molecular formula is C42H58O9Si. The minimum atomic E-state index is -2.33. The van der Waals surface area contributed by atoms with Crippen LogP contribution in [0.25, 0.3) is 10.8 Å². The highest BCUT2D eigenvalue weighted by Gasteiger charge is 2.54. The number of rotatable bonds is 17. The maximum atomic E-state index is 13.7. The Hall–Kier alpha value is -3.25. The minimum absolute atomic E-state index is 0.0542. The summed E-state index contributed by atoms with van der Waals surface area (Å²) in [7, 11) is -0.629. The zero-order valence-electron chi connectivity index (χ0n) is 32.1. The van der Waals surface area contributed by atoms with Crippen LogP contribution in [-0.4, -0.2) is 59.0 Å². The molecule has 0 N–H and O–H groups in total. The average Bonchev–Trinajstić information content (AvgIpc) is 3.42. The van der Waals surface area contributed by atoms with Crippen LogP contribution in [0.2, 0.25) is 18.1 Å². The fourth-order valence-corrected chi connectivity index (χ4v) is 8.30. The summed E-state index contributed by atoms with van der Waals surface area (Å²) < 4.78 is 50.7. The Morgan fingerprint density at radius 3 is 2.40 bits per heavy atom. The normalized spacial score (nSPS) is 20.8. The van der Waals surface area contributed by atoms with Gasteiger partial charge < -0.3 is 37.3 Å². The number of hydrogen-bond donors (Lipinski definition) is 0. The standard InChI is InChI=1S/C42H58O9Si/c1-10-22-46-33-24-32-25-34(48-40(43)36(32)35(26-33)47-28-45-27-30-18-14-12-15-19-30)23-31(11-2)38(44-7)39(51-52(8,9)41(4,5)6)37-29(3)49-42(50-37)20-16-13-17-21-42/h10-12,14-15,18-19,24-26,29,31,37-39H,1-2,13,16-17,20-23,27-28H2,3-9H3/t29-,31+,37+,38+,39+/m1/s1. The Kier molecular flexibility index (Phi) is 13.3. The van der Waals surface area contributed by atoms with Crippen LogP contribution in [0.5, 0.6) is 11.5 Å². The van der Waals surface area contributed by atoms with Gasteiger partial charge in [0.2, 0.25) is 0 Å². The van der Waals surface area contributed by atoms with Crippen LogP contribution < -0.4 is 15.1 Å². The highest BCUT2D eigenvalue weighted by atomic mass is 28.4. The Bertz CT molecular complexity index is 1690. The maximum Gasteiger partial charge on any atom is 0.347 e. The van der Waals surface area contributed by atoms with E-state index in [0.717, 1.165) is 31.2 Å². The van der Waals surface area contributed by atoms with Gasteiger partial charge in [0, 0.05) is 38.4 Å². The topological polar surface area (TPSA) is 94.8 Å². The first kappa shape index (κ1) is 39.9. The molecule has 2 fully saturated rings. The summed E-state index contributed by atoms with van der Waals surface area (Å²) in [6, 6.07) is 15.2. The van der Waals surface area contributed by atoms with Crippen LogP contribution in [0.15, 0.2) is 83.1 Å². The molecule has 52 heavy (non-hydrogen) atoms. The van der Waals surface area contributed by atoms with Crippen molar-refractivity contribution < 1.29 is 37.3 Å². The van der Waals surface area contributed by atoms with Gasteiger partial charge in [-0.05, 0) is 61.0 Å². The van der Waals surface area contributed by atoms with Gasteiger partial charge >= 0.3 is 5.63 Å². The summed E-state index contributed by atoms with van der Waals surface area (Å²) in [4.78, 5) is 13.7. The predicted molar refractivity (Wildman–Crippen MR) is 206 cm³/mol. The van der Waals surface area contributed by atoms with E-state index in [9.17, 15) is 4.79 Å². The number of benzene rings is 2. The van der Waals surface area contributed by atoms with Crippen molar-refractivity contribution in [2.75, 3.05) is 20.5 Å². The van der Waals surface area contributed by atoms with Crippen LogP contribution in [0, 0.1) is 5.92 Å². The highest BCUT2D eigenvalue weighted by molar-refractivity contribution is 6.74. The van der Waals surface area contributed by atoms with Gasteiger partial charge in [0.15, 0.2) is 20.9 Å². The Labute approximate surface area is 310 Å². The summed E-state index contributed by atoms with van der Waals surface area (Å²) in [6.07, 6.45) is 7.47.